The van der Waals surface area contributed by atoms with Gasteiger partial charge in [-0.3, -0.25) is 0 Å². The minimum Gasteiger partial charge on any atom is -0.488 e. The van der Waals surface area contributed by atoms with Gasteiger partial charge in [-0.1, -0.05) is 25.0 Å². The number of hydrogen-bond donors (Lipinski definition) is 2. The molecule has 0 amide bonds. The Bertz CT molecular complexity index is 605. The minimum atomic E-state index is -2.48. The molecular formula is C21H33F2N3O2. The van der Waals surface area contributed by atoms with Gasteiger partial charge in [0.25, 0.3) is 6.43 Å². The zero-order chi connectivity index (χ0) is 20.2. The second-order valence-corrected chi connectivity index (χ2v) is 7.35. The lowest BCUT2D eigenvalue weighted by Crippen LogP contribution is -2.43. The highest BCUT2D eigenvalue weighted by Gasteiger charge is 2.33. The van der Waals surface area contributed by atoms with Gasteiger partial charge < -0.3 is 20.1 Å². The van der Waals surface area contributed by atoms with Crippen molar-refractivity contribution in [3.8, 4) is 5.75 Å². The van der Waals surface area contributed by atoms with Crippen LogP contribution >= 0.6 is 0 Å². The Morgan fingerprint density at radius 1 is 1.25 bits per heavy atom. The number of nitrogens with one attached hydrogen (secondary N) is 2. The van der Waals surface area contributed by atoms with Crippen molar-refractivity contribution < 1.29 is 18.3 Å². The number of ether oxygens (including phenoxy) is 2. The number of halogens is 2. The van der Waals surface area contributed by atoms with E-state index in [1.807, 2.05) is 13.0 Å². The fraction of sp³-hybridized carbons (Fsp3) is 0.667. The predicted molar refractivity (Wildman–Crippen MR) is 108 cm³/mol. The van der Waals surface area contributed by atoms with Crippen LogP contribution in [-0.4, -0.2) is 45.8 Å². The van der Waals surface area contributed by atoms with E-state index in [4.69, 9.17) is 9.47 Å². The van der Waals surface area contributed by atoms with E-state index in [-0.39, 0.29) is 5.41 Å². The first-order valence-electron chi connectivity index (χ1n) is 10.1. The summed E-state index contributed by atoms with van der Waals surface area (Å²) in [6.45, 7) is 4.31. The largest absolute Gasteiger partial charge is 0.488 e. The SMILES string of the molecule is CCNC(=NCc1cccc(OCC(F)F)c1)NCC1(CCOC)CCCC1. The highest BCUT2D eigenvalue weighted by Crippen LogP contribution is 2.40. The van der Waals surface area contributed by atoms with E-state index in [1.54, 1.807) is 25.3 Å². The van der Waals surface area contributed by atoms with Gasteiger partial charge in [0.15, 0.2) is 5.96 Å². The second-order valence-electron chi connectivity index (χ2n) is 7.35. The third-order valence-corrected chi connectivity index (χ3v) is 5.17. The van der Waals surface area contributed by atoms with Crippen molar-refractivity contribution in [1.82, 2.24) is 10.6 Å². The van der Waals surface area contributed by atoms with Crippen LogP contribution in [0.15, 0.2) is 29.3 Å². The van der Waals surface area contributed by atoms with E-state index in [9.17, 15) is 8.78 Å². The van der Waals surface area contributed by atoms with Crippen LogP contribution in [0.4, 0.5) is 8.78 Å². The molecular weight excluding hydrogens is 364 g/mol. The Morgan fingerprint density at radius 2 is 2.04 bits per heavy atom. The summed E-state index contributed by atoms with van der Waals surface area (Å²) in [5.74, 6) is 1.21. The Kier molecular flexibility index (Phi) is 9.47. The van der Waals surface area contributed by atoms with E-state index in [0.717, 1.165) is 37.6 Å². The maximum absolute atomic E-state index is 12.3. The fourth-order valence-corrected chi connectivity index (χ4v) is 3.63. The molecule has 0 heterocycles. The summed E-state index contributed by atoms with van der Waals surface area (Å²) in [7, 11) is 1.75. The fourth-order valence-electron chi connectivity index (χ4n) is 3.63. The van der Waals surface area contributed by atoms with Crippen LogP contribution < -0.4 is 15.4 Å². The van der Waals surface area contributed by atoms with Crippen LogP contribution in [-0.2, 0) is 11.3 Å². The number of rotatable bonds is 11. The lowest BCUT2D eigenvalue weighted by Gasteiger charge is -2.30. The molecule has 7 heteroatoms. The Labute approximate surface area is 166 Å². The van der Waals surface area contributed by atoms with Crippen molar-refractivity contribution in [3.05, 3.63) is 29.8 Å². The van der Waals surface area contributed by atoms with Crippen molar-refractivity contribution in [3.63, 3.8) is 0 Å². The maximum Gasteiger partial charge on any atom is 0.272 e. The average Bonchev–Trinajstić information content (AvgIpc) is 3.16. The molecule has 28 heavy (non-hydrogen) atoms. The van der Waals surface area contributed by atoms with E-state index in [0.29, 0.717) is 12.3 Å². The molecule has 0 unspecified atom stereocenters. The molecule has 0 bridgehead atoms. The Hall–Kier alpha value is -1.89. The van der Waals surface area contributed by atoms with Crippen LogP contribution in [0.5, 0.6) is 5.75 Å². The lowest BCUT2D eigenvalue weighted by atomic mass is 9.83. The molecule has 1 aliphatic carbocycles. The molecule has 1 aliphatic rings. The Morgan fingerprint density at radius 3 is 2.71 bits per heavy atom. The van der Waals surface area contributed by atoms with Crippen molar-refractivity contribution in [1.29, 1.82) is 0 Å². The van der Waals surface area contributed by atoms with E-state index >= 15 is 0 Å². The monoisotopic (exact) mass is 397 g/mol. The highest BCUT2D eigenvalue weighted by atomic mass is 19.3. The van der Waals surface area contributed by atoms with Gasteiger partial charge in [0.1, 0.15) is 12.4 Å². The van der Waals surface area contributed by atoms with E-state index in [1.165, 1.54) is 25.7 Å². The summed E-state index contributed by atoms with van der Waals surface area (Å²) < 4.78 is 35.0. The number of hydrogen-bond acceptors (Lipinski definition) is 3. The first-order valence-corrected chi connectivity index (χ1v) is 10.1. The van der Waals surface area contributed by atoms with Gasteiger partial charge in [-0.25, -0.2) is 13.8 Å². The topological polar surface area (TPSA) is 54.9 Å². The number of aliphatic imine (C=N–C) groups is 1. The van der Waals surface area contributed by atoms with Crippen LogP contribution in [0.25, 0.3) is 0 Å². The van der Waals surface area contributed by atoms with Crippen LogP contribution in [0.3, 0.4) is 0 Å². The second kappa shape index (κ2) is 11.8. The van der Waals surface area contributed by atoms with E-state index < -0.39 is 13.0 Å². The molecule has 0 saturated heterocycles. The van der Waals surface area contributed by atoms with Crippen molar-refractivity contribution >= 4 is 5.96 Å². The molecule has 0 aliphatic heterocycles. The molecule has 158 valence electrons. The molecule has 0 atom stereocenters. The van der Waals surface area contributed by atoms with Crippen LogP contribution in [0.2, 0.25) is 0 Å². The van der Waals surface area contributed by atoms with Crippen molar-refractivity contribution in [2.75, 3.05) is 33.4 Å². The number of alkyl halides is 2. The van der Waals surface area contributed by atoms with E-state index in [2.05, 4.69) is 15.6 Å². The molecule has 1 aromatic carbocycles. The van der Waals surface area contributed by atoms with Crippen molar-refractivity contribution in [2.45, 2.75) is 52.0 Å². The molecule has 0 radical (unpaired) electrons. The van der Waals surface area contributed by atoms with Gasteiger partial charge in [0.2, 0.25) is 0 Å². The zero-order valence-corrected chi connectivity index (χ0v) is 17.0. The van der Waals surface area contributed by atoms with Gasteiger partial charge in [-0.2, -0.15) is 0 Å². The third kappa shape index (κ3) is 7.62. The number of nitrogens with zero attached hydrogens (tertiary/aromatic N) is 1. The first-order chi connectivity index (χ1) is 13.6. The molecule has 0 spiro atoms. The highest BCUT2D eigenvalue weighted by molar-refractivity contribution is 5.79. The average molecular weight is 398 g/mol. The van der Waals surface area contributed by atoms with Crippen LogP contribution in [0.1, 0.15) is 44.6 Å². The smallest absolute Gasteiger partial charge is 0.272 e. The van der Waals surface area contributed by atoms with Gasteiger partial charge >= 0.3 is 0 Å². The molecule has 2 N–H and O–H groups in total. The zero-order valence-electron chi connectivity index (χ0n) is 17.0. The number of methoxy groups -OCH3 is 1. The lowest BCUT2D eigenvalue weighted by molar-refractivity contribution is 0.0818. The molecule has 1 fully saturated rings. The van der Waals surface area contributed by atoms with Crippen molar-refractivity contribution in [2.24, 2.45) is 10.4 Å². The first kappa shape index (κ1) is 22.4. The molecule has 1 saturated carbocycles. The third-order valence-electron chi connectivity index (χ3n) is 5.17. The number of guanidine groups is 1. The van der Waals surface area contributed by atoms with Gasteiger partial charge in [-0.15, -0.1) is 0 Å². The Balaban J connectivity index is 1.95. The summed E-state index contributed by atoms with van der Waals surface area (Å²) in [5.41, 5.74) is 1.19. The predicted octanol–water partition coefficient (Wildman–Crippen LogP) is 3.98. The van der Waals surface area contributed by atoms with Crippen LogP contribution in [0, 0.1) is 5.41 Å². The standard InChI is InChI=1S/C21H33F2N3O2/c1-3-24-20(26-16-21(11-12-27-2)9-4-5-10-21)25-14-17-7-6-8-18(13-17)28-15-19(22)23/h6-8,13,19H,3-5,9-12,14-16H2,1-2H3,(H2,24,25,26). The van der Waals surface area contributed by atoms with Gasteiger partial charge in [-0.05, 0) is 49.3 Å². The summed E-state index contributed by atoms with van der Waals surface area (Å²) in [6.07, 6.45) is 3.54. The molecule has 2 rings (SSSR count). The summed E-state index contributed by atoms with van der Waals surface area (Å²) in [5, 5.41) is 6.77. The summed E-state index contributed by atoms with van der Waals surface area (Å²) in [6, 6.07) is 7.15. The quantitative estimate of drug-likeness (QED) is 0.438. The van der Waals surface area contributed by atoms with Gasteiger partial charge in [0, 0.05) is 26.8 Å². The normalized spacial score (nSPS) is 16.4. The number of benzene rings is 1. The minimum absolute atomic E-state index is 0.273. The molecule has 0 aromatic heterocycles. The summed E-state index contributed by atoms with van der Waals surface area (Å²) >= 11 is 0. The molecule has 1 aromatic rings. The molecule has 5 nitrogen and oxygen atoms in total. The summed E-state index contributed by atoms with van der Waals surface area (Å²) in [4.78, 5) is 4.65. The maximum atomic E-state index is 12.3. The van der Waals surface area contributed by atoms with Gasteiger partial charge in [0.05, 0.1) is 6.54 Å².